The Bertz CT molecular complexity index is 470. The van der Waals surface area contributed by atoms with Gasteiger partial charge in [-0.15, -0.1) is 0 Å². The van der Waals surface area contributed by atoms with Crippen molar-refractivity contribution in [2.24, 2.45) is 5.92 Å². The molecule has 3 rings (SSSR count). The Morgan fingerprint density at radius 2 is 1.94 bits per heavy atom. The van der Waals surface area contributed by atoms with Gasteiger partial charge in [-0.05, 0) is 55.2 Å². The molecule has 1 aromatic carbocycles. The molecular formula is C16H18O. The summed E-state index contributed by atoms with van der Waals surface area (Å²) in [6, 6.07) is 8.56. The third-order valence-corrected chi connectivity index (χ3v) is 4.08. The van der Waals surface area contributed by atoms with Gasteiger partial charge in [0.2, 0.25) is 0 Å². The second-order valence-electron chi connectivity index (χ2n) is 5.19. The average molecular weight is 226 g/mol. The van der Waals surface area contributed by atoms with Gasteiger partial charge in [-0.3, -0.25) is 4.79 Å². The number of aryl methyl sites for hydroxylation is 1. The number of benzene rings is 1. The van der Waals surface area contributed by atoms with Crippen LogP contribution in [0.3, 0.4) is 0 Å². The molecule has 0 saturated heterocycles. The Hall–Kier alpha value is -1.37. The van der Waals surface area contributed by atoms with E-state index in [9.17, 15) is 4.79 Å². The third kappa shape index (κ3) is 2.06. The minimum absolute atomic E-state index is 0.245. The van der Waals surface area contributed by atoms with Crippen LogP contribution in [0.1, 0.15) is 36.8 Å². The van der Waals surface area contributed by atoms with Crippen LogP contribution in [0, 0.1) is 5.92 Å². The molecule has 0 aliphatic heterocycles. The predicted octanol–water partition coefficient (Wildman–Crippen LogP) is 3.47. The third-order valence-electron chi connectivity index (χ3n) is 4.08. The Labute approximate surface area is 103 Å². The van der Waals surface area contributed by atoms with E-state index < -0.39 is 0 Å². The van der Waals surface area contributed by atoms with Crippen molar-refractivity contribution in [2.75, 3.05) is 0 Å². The molecule has 2 aliphatic carbocycles. The van der Waals surface area contributed by atoms with Crippen molar-refractivity contribution < 1.29 is 4.79 Å². The summed E-state index contributed by atoms with van der Waals surface area (Å²) in [7, 11) is 0. The van der Waals surface area contributed by atoms with Crippen LogP contribution >= 0.6 is 0 Å². The predicted molar refractivity (Wildman–Crippen MR) is 68.9 cm³/mol. The first-order valence-corrected chi connectivity index (χ1v) is 6.64. The number of hydrogen-bond acceptors (Lipinski definition) is 1. The highest BCUT2D eigenvalue weighted by Crippen LogP contribution is 2.30. The molecule has 0 bridgehead atoms. The molecule has 2 aliphatic rings. The number of carbonyl (C=O) groups excluding carboxylic acids is 1. The molecule has 0 N–H and O–H groups in total. The molecule has 88 valence electrons. The molecule has 1 unspecified atom stereocenters. The van der Waals surface area contributed by atoms with E-state index in [4.69, 9.17) is 0 Å². The van der Waals surface area contributed by atoms with Crippen molar-refractivity contribution in [1.82, 2.24) is 0 Å². The lowest BCUT2D eigenvalue weighted by molar-refractivity contribution is -0.119. The largest absolute Gasteiger partial charge is 0.294 e. The molecule has 1 atom stereocenters. The zero-order chi connectivity index (χ0) is 11.7. The van der Waals surface area contributed by atoms with Gasteiger partial charge in [0.1, 0.15) is 0 Å². The van der Waals surface area contributed by atoms with E-state index in [2.05, 4.69) is 30.3 Å². The molecule has 1 heteroatoms. The van der Waals surface area contributed by atoms with Gasteiger partial charge in [-0.25, -0.2) is 0 Å². The topological polar surface area (TPSA) is 17.1 Å². The van der Waals surface area contributed by atoms with Crippen molar-refractivity contribution in [3.8, 4) is 0 Å². The lowest BCUT2D eigenvalue weighted by Crippen LogP contribution is -2.23. The van der Waals surface area contributed by atoms with Crippen LogP contribution in [0.2, 0.25) is 0 Å². The maximum absolute atomic E-state index is 12.3. The van der Waals surface area contributed by atoms with Crippen LogP contribution in [0.25, 0.3) is 0 Å². The Morgan fingerprint density at radius 3 is 2.71 bits per heavy atom. The summed E-state index contributed by atoms with van der Waals surface area (Å²) in [6.45, 7) is 0. The number of Topliss-reactive ketones (excluding diaryl/α,β-unsaturated/α-hetero) is 1. The molecule has 1 nitrogen and oxygen atoms in total. The molecule has 0 spiro atoms. The van der Waals surface area contributed by atoms with Crippen LogP contribution in [0.4, 0.5) is 0 Å². The first-order valence-electron chi connectivity index (χ1n) is 6.64. The number of carbonyl (C=O) groups is 1. The van der Waals surface area contributed by atoms with Crippen LogP contribution in [0.5, 0.6) is 0 Å². The van der Waals surface area contributed by atoms with Gasteiger partial charge in [0, 0.05) is 5.92 Å². The summed E-state index contributed by atoms with van der Waals surface area (Å²) in [5.74, 6) is 0.672. The van der Waals surface area contributed by atoms with E-state index in [0.717, 1.165) is 37.7 Å². The Morgan fingerprint density at radius 1 is 1.12 bits per heavy atom. The normalized spacial score (nSPS) is 23.1. The van der Waals surface area contributed by atoms with Gasteiger partial charge in [-0.1, -0.05) is 30.3 Å². The SMILES string of the molecule is O=C(C1=CCCC1)C1CCc2ccccc2C1. The van der Waals surface area contributed by atoms with E-state index in [1.54, 1.807) is 0 Å². The molecule has 17 heavy (non-hydrogen) atoms. The highest BCUT2D eigenvalue weighted by Gasteiger charge is 2.27. The minimum atomic E-state index is 0.245. The van der Waals surface area contributed by atoms with E-state index in [-0.39, 0.29) is 5.92 Å². The highest BCUT2D eigenvalue weighted by atomic mass is 16.1. The highest BCUT2D eigenvalue weighted by molar-refractivity contribution is 5.97. The van der Waals surface area contributed by atoms with Crippen molar-refractivity contribution in [3.63, 3.8) is 0 Å². The number of ketones is 1. The van der Waals surface area contributed by atoms with E-state index in [0.29, 0.717) is 5.78 Å². The van der Waals surface area contributed by atoms with Gasteiger partial charge < -0.3 is 0 Å². The summed E-state index contributed by atoms with van der Waals surface area (Å²) >= 11 is 0. The average Bonchev–Trinajstić information content (AvgIpc) is 2.91. The van der Waals surface area contributed by atoms with E-state index in [1.165, 1.54) is 17.5 Å². The first-order chi connectivity index (χ1) is 8.34. The summed E-state index contributed by atoms with van der Waals surface area (Å²) < 4.78 is 0. The smallest absolute Gasteiger partial charge is 0.161 e. The quantitative estimate of drug-likeness (QED) is 0.754. The number of rotatable bonds is 2. The number of hydrogen-bond donors (Lipinski definition) is 0. The van der Waals surface area contributed by atoms with Gasteiger partial charge in [0.15, 0.2) is 5.78 Å². The molecule has 1 aromatic rings. The van der Waals surface area contributed by atoms with Gasteiger partial charge in [0.05, 0.1) is 0 Å². The molecule has 0 amide bonds. The minimum Gasteiger partial charge on any atom is -0.294 e. The Balaban J connectivity index is 1.77. The van der Waals surface area contributed by atoms with Crippen molar-refractivity contribution >= 4 is 5.78 Å². The van der Waals surface area contributed by atoms with Gasteiger partial charge >= 0.3 is 0 Å². The fourth-order valence-corrected chi connectivity index (χ4v) is 3.08. The fourth-order valence-electron chi connectivity index (χ4n) is 3.08. The maximum Gasteiger partial charge on any atom is 0.161 e. The summed E-state index contributed by atoms with van der Waals surface area (Å²) in [6.07, 6.45) is 8.49. The molecule has 0 radical (unpaired) electrons. The van der Waals surface area contributed by atoms with E-state index >= 15 is 0 Å². The van der Waals surface area contributed by atoms with Crippen LogP contribution < -0.4 is 0 Å². The van der Waals surface area contributed by atoms with E-state index in [1.807, 2.05) is 0 Å². The van der Waals surface area contributed by atoms with Crippen molar-refractivity contribution in [3.05, 3.63) is 47.0 Å². The number of allylic oxidation sites excluding steroid dienone is 2. The zero-order valence-electron chi connectivity index (χ0n) is 10.1. The monoisotopic (exact) mass is 226 g/mol. The summed E-state index contributed by atoms with van der Waals surface area (Å²) in [5, 5.41) is 0. The first kappa shape index (κ1) is 10.8. The zero-order valence-corrected chi connectivity index (χ0v) is 10.1. The van der Waals surface area contributed by atoms with Crippen LogP contribution in [-0.2, 0) is 17.6 Å². The van der Waals surface area contributed by atoms with Crippen molar-refractivity contribution in [2.45, 2.75) is 38.5 Å². The standard InChI is InChI=1S/C16H18O/c17-16(13-6-2-3-7-13)15-10-9-12-5-1-4-8-14(12)11-15/h1,4-6,8,15H,2-3,7,9-11H2. The molecular weight excluding hydrogens is 208 g/mol. The summed E-state index contributed by atoms with van der Waals surface area (Å²) in [5.41, 5.74) is 3.93. The lowest BCUT2D eigenvalue weighted by Gasteiger charge is -2.23. The van der Waals surface area contributed by atoms with Crippen LogP contribution in [0.15, 0.2) is 35.9 Å². The molecule has 0 saturated carbocycles. The second kappa shape index (κ2) is 4.48. The molecule has 0 aromatic heterocycles. The molecule has 0 heterocycles. The fraction of sp³-hybridized carbons (Fsp3) is 0.438. The lowest BCUT2D eigenvalue weighted by atomic mass is 9.80. The second-order valence-corrected chi connectivity index (χ2v) is 5.19. The molecule has 0 fully saturated rings. The van der Waals surface area contributed by atoms with Gasteiger partial charge in [-0.2, -0.15) is 0 Å². The van der Waals surface area contributed by atoms with Crippen molar-refractivity contribution in [1.29, 1.82) is 0 Å². The Kier molecular flexibility index (Phi) is 2.84. The van der Waals surface area contributed by atoms with Gasteiger partial charge in [0.25, 0.3) is 0 Å². The van der Waals surface area contributed by atoms with Crippen LogP contribution in [-0.4, -0.2) is 5.78 Å². The maximum atomic E-state index is 12.3. The summed E-state index contributed by atoms with van der Waals surface area (Å²) in [4.78, 5) is 12.3. The number of fused-ring (bicyclic) bond motifs is 1.